The minimum absolute atomic E-state index is 0.0394. The molecule has 0 radical (unpaired) electrons. The Kier molecular flexibility index (Phi) is 8.78. The third-order valence-electron chi connectivity index (χ3n) is 4.24. The fraction of sp³-hybridized carbons (Fsp3) is 0.391. The van der Waals surface area contributed by atoms with Crippen LogP contribution in [0.15, 0.2) is 59.1 Å². The number of benzene rings is 2. The van der Waals surface area contributed by atoms with Crippen molar-refractivity contribution in [3.63, 3.8) is 0 Å². The van der Waals surface area contributed by atoms with Crippen molar-refractivity contribution in [1.29, 1.82) is 0 Å². The minimum atomic E-state index is -0.557. The monoisotopic (exact) mass is 476 g/mol. The lowest BCUT2D eigenvalue weighted by atomic mass is 10.1. The van der Waals surface area contributed by atoms with E-state index in [1.807, 2.05) is 63.2 Å². The maximum atomic E-state index is 13.0. The van der Waals surface area contributed by atoms with Crippen LogP contribution in [0.25, 0.3) is 0 Å². The lowest BCUT2D eigenvalue weighted by molar-refractivity contribution is -0.139. The molecule has 2 amide bonds. The van der Waals surface area contributed by atoms with E-state index in [0.717, 1.165) is 15.8 Å². The molecule has 1 atom stereocenters. The molecular formula is C23H29BrN2O2S. The number of rotatable bonds is 8. The highest BCUT2D eigenvalue weighted by Gasteiger charge is 2.28. The van der Waals surface area contributed by atoms with Crippen molar-refractivity contribution in [2.75, 3.05) is 5.75 Å². The highest BCUT2D eigenvalue weighted by molar-refractivity contribution is 9.10. The van der Waals surface area contributed by atoms with Crippen LogP contribution in [0, 0.1) is 0 Å². The molecule has 0 saturated heterocycles. The SMILES string of the molecule is C[C@H](C(=O)NC(C)(C)C)N(Cc1cccc(Br)c1)C(=O)CSCc1ccccc1. The average molecular weight is 477 g/mol. The number of thioether (sulfide) groups is 1. The average Bonchev–Trinajstić information content (AvgIpc) is 2.65. The summed E-state index contributed by atoms with van der Waals surface area (Å²) >= 11 is 5.04. The molecule has 0 heterocycles. The third kappa shape index (κ3) is 8.23. The van der Waals surface area contributed by atoms with E-state index < -0.39 is 6.04 Å². The van der Waals surface area contributed by atoms with Crippen molar-refractivity contribution in [2.24, 2.45) is 0 Å². The normalized spacial score (nSPS) is 12.3. The number of amides is 2. The van der Waals surface area contributed by atoms with Crippen LogP contribution in [-0.4, -0.2) is 34.0 Å². The summed E-state index contributed by atoms with van der Waals surface area (Å²) < 4.78 is 0.952. The number of nitrogens with zero attached hydrogens (tertiary/aromatic N) is 1. The fourth-order valence-electron chi connectivity index (χ4n) is 2.80. The highest BCUT2D eigenvalue weighted by atomic mass is 79.9. The molecule has 0 saturated carbocycles. The Balaban J connectivity index is 2.09. The highest BCUT2D eigenvalue weighted by Crippen LogP contribution is 2.18. The fourth-order valence-corrected chi connectivity index (χ4v) is 4.12. The molecule has 29 heavy (non-hydrogen) atoms. The molecule has 1 N–H and O–H groups in total. The molecule has 6 heteroatoms. The van der Waals surface area contributed by atoms with E-state index >= 15 is 0 Å². The maximum Gasteiger partial charge on any atom is 0.242 e. The Morgan fingerprint density at radius 1 is 1.07 bits per heavy atom. The van der Waals surface area contributed by atoms with Crippen LogP contribution in [-0.2, 0) is 21.9 Å². The van der Waals surface area contributed by atoms with Crippen LogP contribution in [0.2, 0.25) is 0 Å². The van der Waals surface area contributed by atoms with Crippen LogP contribution in [0.5, 0.6) is 0 Å². The van der Waals surface area contributed by atoms with Crippen LogP contribution in [0.4, 0.5) is 0 Å². The van der Waals surface area contributed by atoms with Gasteiger partial charge in [-0.25, -0.2) is 0 Å². The Hall–Kier alpha value is -1.79. The number of carbonyl (C=O) groups is 2. The summed E-state index contributed by atoms with van der Waals surface area (Å²) in [6.45, 7) is 8.00. The van der Waals surface area contributed by atoms with Gasteiger partial charge in [0, 0.05) is 22.3 Å². The number of hydrogen-bond donors (Lipinski definition) is 1. The first-order valence-corrected chi connectivity index (χ1v) is 11.6. The van der Waals surface area contributed by atoms with Crippen LogP contribution in [0.3, 0.4) is 0 Å². The van der Waals surface area contributed by atoms with Gasteiger partial charge in [-0.15, -0.1) is 11.8 Å². The van der Waals surface area contributed by atoms with Crippen molar-refractivity contribution in [2.45, 2.75) is 51.6 Å². The molecule has 156 valence electrons. The molecule has 4 nitrogen and oxygen atoms in total. The Morgan fingerprint density at radius 3 is 2.34 bits per heavy atom. The van der Waals surface area contributed by atoms with E-state index in [1.54, 1.807) is 23.6 Å². The van der Waals surface area contributed by atoms with Crippen LogP contribution >= 0.6 is 27.7 Å². The number of carbonyl (C=O) groups excluding carboxylic acids is 2. The van der Waals surface area contributed by atoms with Crippen LogP contribution < -0.4 is 5.32 Å². The predicted molar refractivity (Wildman–Crippen MR) is 125 cm³/mol. The lowest BCUT2D eigenvalue weighted by Gasteiger charge is -2.31. The summed E-state index contributed by atoms with van der Waals surface area (Å²) in [4.78, 5) is 27.5. The zero-order valence-electron chi connectivity index (χ0n) is 17.4. The van der Waals surface area contributed by atoms with E-state index in [2.05, 4.69) is 33.4 Å². The quantitative estimate of drug-likeness (QED) is 0.581. The van der Waals surface area contributed by atoms with E-state index in [4.69, 9.17) is 0 Å². The van der Waals surface area contributed by atoms with Crippen molar-refractivity contribution in [3.05, 3.63) is 70.2 Å². The maximum absolute atomic E-state index is 13.0. The van der Waals surface area contributed by atoms with Gasteiger partial charge in [-0.2, -0.15) is 0 Å². The minimum Gasteiger partial charge on any atom is -0.350 e. The second-order valence-electron chi connectivity index (χ2n) is 8.05. The summed E-state index contributed by atoms with van der Waals surface area (Å²) in [5, 5.41) is 2.98. The molecule has 0 aliphatic rings. The number of hydrogen-bond acceptors (Lipinski definition) is 3. The van der Waals surface area contributed by atoms with Gasteiger partial charge in [-0.05, 0) is 51.0 Å². The van der Waals surface area contributed by atoms with E-state index in [1.165, 1.54) is 5.56 Å². The molecule has 0 aliphatic carbocycles. The van der Waals surface area contributed by atoms with Gasteiger partial charge >= 0.3 is 0 Å². The first kappa shape index (κ1) is 23.5. The summed E-state index contributed by atoms with van der Waals surface area (Å²) in [5.41, 5.74) is 1.82. The standard InChI is InChI=1S/C23H29BrN2O2S/c1-17(22(28)25-23(2,3)4)26(14-19-11-8-12-20(24)13-19)21(27)16-29-15-18-9-6-5-7-10-18/h5-13,17H,14-16H2,1-4H3,(H,25,28)/t17-/m1/s1. The molecule has 0 unspecified atom stereocenters. The predicted octanol–water partition coefficient (Wildman–Crippen LogP) is 5.01. The first-order chi connectivity index (χ1) is 13.7. The molecular weight excluding hydrogens is 448 g/mol. The van der Waals surface area contributed by atoms with E-state index in [9.17, 15) is 9.59 Å². The van der Waals surface area contributed by atoms with Gasteiger partial charge < -0.3 is 10.2 Å². The number of halogens is 1. The molecule has 0 aliphatic heterocycles. The lowest BCUT2D eigenvalue weighted by Crippen LogP contribution is -2.52. The van der Waals surface area contributed by atoms with Gasteiger partial charge in [0.05, 0.1) is 5.75 Å². The molecule has 2 aromatic rings. The molecule has 2 aromatic carbocycles. The zero-order chi connectivity index (χ0) is 21.4. The van der Waals surface area contributed by atoms with Crippen molar-refractivity contribution < 1.29 is 9.59 Å². The topological polar surface area (TPSA) is 49.4 Å². The van der Waals surface area contributed by atoms with Crippen molar-refractivity contribution in [3.8, 4) is 0 Å². The first-order valence-electron chi connectivity index (χ1n) is 9.63. The third-order valence-corrected chi connectivity index (χ3v) is 5.73. The smallest absolute Gasteiger partial charge is 0.242 e. The summed E-state index contributed by atoms with van der Waals surface area (Å²) in [7, 11) is 0. The van der Waals surface area contributed by atoms with E-state index in [0.29, 0.717) is 12.3 Å². The molecule has 0 spiro atoms. The molecule has 0 aromatic heterocycles. The van der Waals surface area contributed by atoms with Gasteiger partial charge in [0.1, 0.15) is 6.04 Å². The van der Waals surface area contributed by atoms with Crippen molar-refractivity contribution in [1.82, 2.24) is 10.2 Å². The summed E-state index contributed by atoms with van der Waals surface area (Å²) in [6.07, 6.45) is 0. The summed E-state index contributed by atoms with van der Waals surface area (Å²) in [5.74, 6) is 0.909. The van der Waals surface area contributed by atoms with Gasteiger partial charge in [0.25, 0.3) is 0 Å². The Labute approximate surface area is 186 Å². The number of nitrogens with one attached hydrogen (secondary N) is 1. The van der Waals surface area contributed by atoms with E-state index in [-0.39, 0.29) is 17.4 Å². The second-order valence-corrected chi connectivity index (χ2v) is 9.95. The van der Waals surface area contributed by atoms with Gasteiger partial charge in [0.15, 0.2) is 0 Å². The van der Waals surface area contributed by atoms with Gasteiger partial charge in [-0.3, -0.25) is 9.59 Å². The van der Waals surface area contributed by atoms with Crippen molar-refractivity contribution >= 4 is 39.5 Å². The van der Waals surface area contributed by atoms with Crippen LogP contribution in [0.1, 0.15) is 38.8 Å². The largest absolute Gasteiger partial charge is 0.350 e. The molecule has 0 bridgehead atoms. The zero-order valence-corrected chi connectivity index (χ0v) is 19.8. The Bertz CT molecular complexity index is 821. The molecule has 2 rings (SSSR count). The van der Waals surface area contributed by atoms with Gasteiger partial charge in [0.2, 0.25) is 11.8 Å². The van der Waals surface area contributed by atoms with Gasteiger partial charge in [-0.1, -0.05) is 58.4 Å². The second kappa shape index (κ2) is 10.8. The molecule has 0 fully saturated rings. The summed E-state index contributed by atoms with van der Waals surface area (Å²) in [6, 6.07) is 17.3. The Morgan fingerprint density at radius 2 is 1.72 bits per heavy atom.